The molecule has 1 aromatic carbocycles. The van der Waals surface area contributed by atoms with Crippen molar-refractivity contribution >= 4 is 21.6 Å². The van der Waals surface area contributed by atoms with Gasteiger partial charge in [-0.1, -0.05) is 35.3 Å². The Kier molecular flexibility index (Phi) is 3.87. The lowest BCUT2D eigenvalue weighted by Gasteiger charge is -2.11. The van der Waals surface area contributed by atoms with Gasteiger partial charge in [0.2, 0.25) is 0 Å². The van der Waals surface area contributed by atoms with Crippen LogP contribution in [-0.4, -0.2) is 5.71 Å². The highest BCUT2D eigenvalue weighted by atomic mass is 79.9. The second-order valence-electron chi connectivity index (χ2n) is 3.59. The average Bonchev–Trinajstić information content (AvgIpc) is 2.13. The van der Waals surface area contributed by atoms with Gasteiger partial charge >= 0.3 is 0 Å². The Hall–Kier alpha value is -0.630. The van der Waals surface area contributed by atoms with Crippen LogP contribution in [0.15, 0.2) is 16.6 Å². The number of nitrogens with one attached hydrogen (secondary N) is 1. The Morgan fingerprint density at radius 2 is 2.00 bits per heavy atom. The maximum atomic E-state index is 7.99. The van der Waals surface area contributed by atoms with Gasteiger partial charge in [0.05, 0.1) is 0 Å². The molecule has 1 nitrogen and oxygen atoms in total. The molecule has 0 bridgehead atoms. The van der Waals surface area contributed by atoms with Crippen molar-refractivity contribution in [3.8, 4) is 0 Å². The molecule has 1 N–H and O–H groups in total. The van der Waals surface area contributed by atoms with Crippen LogP contribution in [0.3, 0.4) is 0 Å². The van der Waals surface area contributed by atoms with Crippen LogP contribution in [0.25, 0.3) is 0 Å². The normalized spacial score (nSPS) is 10.3. The molecule has 0 unspecified atom stereocenters. The van der Waals surface area contributed by atoms with E-state index in [-0.39, 0.29) is 0 Å². The quantitative estimate of drug-likeness (QED) is 0.780. The minimum Gasteiger partial charge on any atom is -0.305 e. The third-order valence-corrected chi connectivity index (χ3v) is 3.27. The SMILES string of the molecule is CCCC(=N)c1c(C)ccc(Br)c1C. The maximum absolute atomic E-state index is 7.99. The van der Waals surface area contributed by atoms with Crippen molar-refractivity contribution in [3.05, 3.63) is 33.3 Å². The predicted molar refractivity (Wildman–Crippen MR) is 65.4 cm³/mol. The number of hydrogen-bond acceptors (Lipinski definition) is 1. The third kappa shape index (κ3) is 2.24. The Labute approximate surface area is 94.2 Å². The van der Waals surface area contributed by atoms with Crippen molar-refractivity contribution in [2.24, 2.45) is 0 Å². The summed E-state index contributed by atoms with van der Waals surface area (Å²) in [5.74, 6) is 0. The van der Waals surface area contributed by atoms with E-state index in [2.05, 4.69) is 42.8 Å². The van der Waals surface area contributed by atoms with Gasteiger partial charge in [0.15, 0.2) is 0 Å². The molecule has 0 spiro atoms. The molecule has 76 valence electrons. The Morgan fingerprint density at radius 3 is 2.57 bits per heavy atom. The molecule has 0 aliphatic rings. The molecule has 0 radical (unpaired) electrons. The van der Waals surface area contributed by atoms with Gasteiger partial charge in [0.1, 0.15) is 0 Å². The minimum absolute atomic E-state index is 0.754. The molecule has 1 rings (SSSR count). The molecule has 0 atom stereocenters. The first-order valence-corrected chi connectivity index (χ1v) is 5.70. The average molecular weight is 254 g/mol. The molecule has 0 saturated heterocycles. The van der Waals surface area contributed by atoms with Crippen LogP contribution in [0.2, 0.25) is 0 Å². The van der Waals surface area contributed by atoms with Crippen molar-refractivity contribution < 1.29 is 0 Å². The van der Waals surface area contributed by atoms with Crippen LogP contribution in [-0.2, 0) is 0 Å². The molecule has 0 saturated carbocycles. The van der Waals surface area contributed by atoms with Crippen LogP contribution >= 0.6 is 15.9 Å². The molecule has 0 aromatic heterocycles. The second-order valence-corrected chi connectivity index (χ2v) is 4.45. The molecule has 2 heteroatoms. The second kappa shape index (κ2) is 4.74. The fourth-order valence-electron chi connectivity index (χ4n) is 1.66. The molecule has 14 heavy (non-hydrogen) atoms. The number of hydrogen-bond donors (Lipinski definition) is 1. The Bertz CT molecular complexity index is 356. The Balaban J connectivity index is 3.18. The van der Waals surface area contributed by atoms with E-state index < -0.39 is 0 Å². The summed E-state index contributed by atoms with van der Waals surface area (Å²) in [6, 6.07) is 4.12. The first-order valence-electron chi connectivity index (χ1n) is 4.91. The molecule has 0 aliphatic carbocycles. The lowest BCUT2D eigenvalue weighted by atomic mass is 9.96. The molecule has 0 amide bonds. The minimum atomic E-state index is 0.754. The monoisotopic (exact) mass is 253 g/mol. The number of aryl methyl sites for hydroxylation is 1. The molecule has 0 aliphatic heterocycles. The molecule has 0 fully saturated rings. The van der Waals surface area contributed by atoms with Crippen LogP contribution in [0, 0.1) is 19.3 Å². The van der Waals surface area contributed by atoms with E-state index in [1.807, 2.05) is 6.07 Å². The van der Waals surface area contributed by atoms with Crippen LogP contribution in [0.1, 0.15) is 36.5 Å². The van der Waals surface area contributed by atoms with Gasteiger partial charge < -0.3 is 5.41 Å². The lowest BCUT2D eigenvalue weighted by molar-refractivity contribution is 0.983. The van der Waals surface area contributed by atoms with Crippen molar-refractivity contribution in [3.63, 3.8) is 0 Å². The zero-order valence-corrected chi connectivity index (χ0v) is 10.5. The molecule has 1 aromatic rings. The molecular weight excluding hydrogens is 238 g/mol. The van der Waals surface area contributed by atoms with Crippen molar-refractivity contribution in [2.75, 3.05) is 0 Å². The highest BCUT2D eigenvalue weighted by Gasteiger charge is 2.09. The first-order chi connectivity index (χ1) is 6.57. The number of halogens is 1. The van der Waals surface area contributed by atoms with Crippen molar-refractivity contribution in [2.45, 2.75) is 33.6 Å². The van der Waals surface area contributed by atoms with E-state index in [1.165, 1.54) is 11.1 Å². The van der Waals surface area contributed by atoms with E-state index in [0.717, 1.165) is 28.6 Å². The highest BCUT2D eigenvalue weighted by molar-refractivity contribution is 9.10. The van der Waals surface area contributed by atoms with E-state index in [4.69, 9.17) is 5.41 Å². The van der Waals surface area contributed by atoms with Crippen LogP contribution < -0.4 is 0 Å². The predicted octanol–water partition coefficient (Wildman–Crippen LogP) is 4.23. The maximum Gasteiger partial charge on any atom is 0.0391 e. The van der Waals surface area contributed by atoms with Gasteiger partial charge in [-0.05, 0) is 37.5 Å². The van der Waals surface area contributed by atoms with Gasteiger partial charge in [-0.15, -0.1) is 0 Å². The summed E-state index contributed by atoms with van der Waals surface area (Å²) in [7, 11) is 0. The van der Waals surface area contributed by atoms with Gasteiger partial charge in [-0.2, -0.15) is 0 Å². The van der Waals surface area contributed by atoms with Gasteiger partial charge in [0.25, 0.3) is 0 Å². The van der Waals surface area contributed by atoms with Crippen molar-refractivity contribution in [1.82, 2.24) is 0 Å². The fourth-order valence-corrected chi connectivity index (χ4v) is 1.99. The molecule has 0 heterocycles. The summed E-state index contributed by atoms with van der Waals surface area (Å²) in [4.78, 5) is 0. The van der Waals surface area contributed by atoms with E-state index in [0.29, 0.717) is 0 Å². The molecular formula is C12H16BrN. The summed E-state index contributed by atoms with van der Waals surface area (Å²) in [5, 5.41) is 7.99. The van der Waals surface area contributed by atoms with Gasteiger partial charge in [-0.25, -0.2) is 0 Å². The number of rotatable bonds is 3. The first kappa shape index (κ1) is 11.4. The summed E-state index contributed by atoms with van der Waals surface area (Å²) < 4.78 is 1.10. The Morgan fingerprint density at radius 1 is 1.36 bits per heavy atom. The topological polar surface area (TPSA) is 23.9 Å². The van der Waals surface area contributed by atoms with E-state index >= 15 is 0 Å². The largest absolute Gasteiger partial charge is 0.305 e. The number of benzene rings is 1. The highest BCUT2D eigenvalue weighted by Crippen LogP contribution is 2.24. The van der Waals surface area contributed by atoms with Crippen LogP contribution in [0.5, 0.6) is 0 Å². The zero-order chi connectivity index (χ0) is 10.7. The summed E-state index contributed by atoms with van der Waals surface area (Å²) >= 11 is 3.50. The van der Waals surface area contributed by atoms with E-state index in [1.54, 1.807) is 0 Å². The lowest BCUT2D eigenvalue weighted by Crippen LogP contribution is -2.04. The van der Waals surface area contributed by atoms with Crippen molar-refractivity contribution in [1.29, 1.82) is 5.41 Å². The smallest absolute Gasteiger partial charge is 0.0391 e. The standard InChI is InChI=1S/C12H16BrN/c1-4-5-11(14)12-8(2)6-7-10(13)9(12)3/h6-7,14H,4-5H2,1-3H3. The third-order valence-electron chi connectivity index (χ3n) is 2.41. The van der Waals surface area contributed by atoms with Gasteiger partial charge in [-0.3, -0.25) is 0 Å². The summed E-state index contributed by atoms with van der Waals surface area (Å²) in [6.07, 6.45) is 1.89. The summed E-state index contributed by atoms with van der Waals surface area (Å²) in [5.41, 5.74) is 4.25. The van der Waals surface area contributed by atoms with Gasteiger partial charge in [0, 0.05) is 15.7 Å². The van der Waals surface area contributed by atoms with Crippen LogP contribution in [0.4, 0.5) is 0 Å². The fraction of sp³-hybridized carbons (Fsp3) is 0.417. The van der Waals surface area contributed by atoms with E-state index in [9.17, 15) is 0 Å². The summed E-state index contributed by atoms with van der Waals surface area (Å²) in [6.45, 7) is 6.24. The zero-order valence-electron chi connectivity index (χ0n) is 8.95.